The van der Waals surface area contributed by atoms with Crippen molar-refractivity contribution in [2.24, 2.45) is 5.92 Å². The van der Waals surface area contributed by atoms with Gasteiger partial charge in [-0.2, -0.15) is 4.31 Å². The van der Waals surface area contributed by atoms with Crippen LogP contribution in [-0.2, 0) is 10.0 Å². The number of nitrogens with one attached hydrogen (secondary N) is 1. The van der Waals surface area contributed by atoms with Crippen LogP contribution in [0.4, 0.5) is 0 Å². The number of thiazole rings is 1. The fraction of sp³-hybridized carbons (Fsp3) is 0.769. The van der Waals surface area contributed by atoms with E-state index in [2.05, 4.69) is 4.98 Å². The Labute approximate surface area is 123 Å². The molecular weight excluding hydrogens is 296 g/mol. The zero-order chi connectivity index (χ0) is 14.3. The molecule has 2 heterocycles. The van der Waals surface area contributed by atoms with Crippen molar-refractivity contribution in [3.05, 3.63) is 15.4 Å². The van der Waals surface area contributed by atoms with Crippen molar-refractivity contribution >= 4 is 21.4 Å². The number of aromatic nitrogens is 1. The highest BCUT2D eigenvalue weighted by Crippen LogP contribution is 2.38. The highest BCUT2D eigenvalue weighted by Gasteiger charge is 2.41. The maximum absolute atomic E-state index is 12.9. The summed E-state index contributed by atoms with van der Waals surface area (Å²) in [6.45, 7) is 2.25. The van der Waals surface area contributed by atoms with Gasteiger partial charge in [0, 0.05) is 18.3 Å². The third-order valence-electron chi connectivity index (χ3n) is 4.52. The number of aryl methyl sites for hydroxylation is 1. The van der Waals surface area contributed by atoms with Crippen molar-refractivity contribution in [1.29, 1.82) is 0 Å². The van der Waals surface area contributed by atoms with E-state index in [-0.39, 0.29) is 15.1 Å². The van der Waals surface area contributed by atoms with Gasteiger partial charge in [0.05, 0.1) is 0 Å². The van der Waals surface area contributed by atoms with Gasteiger partial charge in [-0.3, -0.25) is 4.79 Å². The standard InChI is InChI=1S/C13H20N2O3S2/c1-9-12(19-13(16)14-9)20(17,18)15-8-4-6-10-5-2-3-7-11(10)15/h10-11H,2-8H2,1H3,(H,14,16). The van der Waals surface area contributed by atoms with E-state index in [0.29, 0.717) is 18.2 Å². The lowest BCUT2D eigenvalue weighted by Crippen LogP contribution is -2.49. The second-order valence-corrected chi connectivity index (χ2v) is 8.87. The molecule has 1 saturated heterocycles. The Morgan fingerprint density at radius 3 is 2.60 bits per heavy atom. The van der Waals surface area contributed by atoms with E-state index in [1.807, 2.05) is 0 Å². The minimum absolute atomic E-state index is 0.138. The first-order valence-corrected chi connectivity index (χ1v) is 9.47. The van der Waals surface area contributed by atoms with E-state index in [1.165, 1.54) is 6.42 Å². The fourth-order valence-electron chi connectivity index (χ4n) is 3.62. The maximum atomic E-state index is 12.9. The van der Waals surface area contributed by atoms with Crippen LogP contribution in [-0.4, -0.2) is 30.3 Å². The smallest absolute Gasteiger partial charge is 0.305 e. The number of hydrogen-bond acceptors (Lipinski definition) is 4. The summed E-state index contributed by atoms with van der Waals surface area (Å²) in [5.41, 5.74) is 0.470. The predicted molar refractivity (Wildman–Crippen MR) is 78.5 cm³/mol. The SMILES string of the molecule is Cc1[nH]c(=O)sc1S(=O)(=O)N1CCCC2CCCCC21. The molecule has 2 atom stereocenters. The van der Waals surface area contributed by atoms with Gasteiger partial charge in [0.2, 0.25) is 0 Å². The van der Waals surface area contributed by atoms with Crippen LogP contribution in [0, 0.1) is 12.8 Å². The van der Waals surface area contributed by atoms with Gasteiger partial charge in [-0.25, -0.2) is 8.42 Å². The Kier molecular flexibility index (Phi) is 3.77. The Hall–Kier alpha value is -0.660. The van der Waals surface area contributed by atoms with Gasteiger partial charge >= 0.3 is 4.87 Å². The van der Waals surface area contributed by atoms with Crippen molar-refractivity contribution in [3.63, 3.8) is 0 Å². The van der Waals surface area contributed by atoms with Crippen molar-refractivity contribution < 1.29 is 8.42 Å². The molecule has 0 bridgehead atoms. The van der Waals surface area contributed by atoms with Crippen LogP contribution >= 0.6 is 11.3 Å². The third-order valence-corrected chi connectivity index (χ3v) is 8.02. The van der Waals surface area contributed by atoms with Crippen LogP contribution in [0.1, 0.15) is 44.2 Å². The lowest BCUT2D eigenvalue weighted by atomic mass is 9.79. The van der Waals surface area contributed by atoms with Crippen LogP contribution in [0.5, 0.6) is 0 Å². The number of H-pyrrole nitrogens is 1. The van der Waals surface area contributed by atoms with Crippen molar-refractivity contribution in [3.8, 4) is 0 Å². The Balaban J connectivity index is 1.97. The number of fused-ring (bicyclic) bond motifs is 1. The molecular formula is C13H20N2O3S2. The summed E-state index contributed by atoms with van der Waals surface area (Å²) in [4.78, 5) is 13.7. The molecule has 0 spiro atoms. The van der Waals surface area contributed by atoms with E-state index in [1.54, 1.807) is 11.2 Å². The fourth-order valence-corrected chi connectivity index (χ4v) is 6.79. The number of piperidine rings is 1. The molecule has 1 aromatic rings. The second-order valence-electron chi connectivity index (χ2n) is 5.80. The third kappa shape index (κ3) is 2.35. The molecule has 0 radical (unpaired) electrons. The Morgan fingerprint density at radius 1 is 1.20 bits per heavy atom. The Bertz CT molecular complexity index is 645. The molecule has 0 amide bonds. The average Bonchev–Trinajstić information content (AvgIpc) is 2.78. The Morgan fingerprint density at radius 2 is 1.90 bits per heavy atom. The number of rotatable bonds is 2. The van der Waals surface area contributed by atoms with Crippen LogP contribution in [0.3, 0.4) is 0 Å². The lowest BCUT2D eigenvalue weighted by molar-refractivity contribution is 0.129. The van der Waals surface area contributed by atoms with Gasteiger partial charge in [-0.15, -0.1) is 0 Å². The van der Waals surface area contributed by atoms with Gasteiger partial charge in [0.25, 0.3) is 10.0 Å². The molecule has 7 heteroatoms. The van der Waals surface area contributed by atoms with Gasteiger partial charge < -0.3 is 4.98 Å². The van der Waals surface area contributed by atoms with Gasteiger partial charge in [0.1, 0.15) is 0 Å². The highest BCUT2D eigenvalue weighted by atomic mass is 32.2. The summed E-state index contributed by atoms with van der Waals surface area (Å²) in [5.74, 6) is 0.503. The number of nitrogens with zero attached hydrogens (tertiary/aromatic N) is 1. The zero-order valence-corrected chi connectivity index (χ0v) is 13.2. The summed E-state index contributed by atoms with van der Waals surface area (Å²) < 4.78 is 27.6. The molecule has 5 nitrogen and oxygen atoms in total. The number of aromatic amines is 1. The largest absolute Gasteiger partial charge is 0.315 e. The van der Waals surface area contributed by atoms with Crippen molar-refractivity contribution in [1.82, 2.24) is 9.29 Å². The normalized spacial score (nSPS) is 28.2. The average molecular weight is 316 g/mol. The molecule has 112 valence electrons. The number of sulfonamides is 1. The van der Waals surface area contributed by atoms with Gasteiger partial charge in [0.15, 0.2) is 4.21 Å². The molecule has 2 fully saturated rings. The summed E-state index contributed by atoms with van der Waals surface area (Å²) in [5, 5.41) is 0. The minimum Gasteiger partial charge on any atom is -0.315 e. The van der Waals surface area contributed by atoms with Crippen molar-refractivity contribution in [2.75, 3.05) is 6.54 Å². The van der Waals surface area contributed by atoms with Crippen LogP contribution < -0.4 is 4.87 Å². The molecule has 0 aromatic carbocycles. The maximum Gasteiger partial charge on any atom is 0.305 e. The first kappa shape index (κ1) is 14.3. The minimum atomic E-state index is -3.52. The molecule has 20 heavy (non-hydrogen) atoms. The monoisotopic (exact) mass is 316 g/mol. The molecule has 3 rings (SSSR count). The van der Waals surface area contributed by atoms with Gasteiger partial charge in [-0.1, -0.05) is 24.2 Å². The molecule has 1 N–H and O–H groups in total. The molecule has 1 aliphatic carbocycles. The van der Waals surface area contributed by atoms with E-state index in [9.17, 15) is 13.2 Å². The van der Waals surface area contributed by atoms with Crippen LogP contribution in [0.25, 0.3) is 0 Å². The second kappa shape index (κ2) is 5.27. The van der Waals surface area contributed by atoms with Gasteiger partial charge in [-0.05, 0) is 38.5 Å². The summed E-state index contributed by atoms with van der Waals surface area (Å²) in [6.07, 6.45) is 6.49. The first-order chi connectivity index (χ1) is 9.50. The van der Waals surface area contributed by atoms with Crippen LogP contribution in [0.15, 0.2) is 9.00 Å². The zero-order valence-electron chi connectivity index (χ0n) is 11.6. The molecule has 1 aromatic heterocycles. The highest BCUT2D eigenvalue weighted by molar-refractivity contribution is 7.91. The summed E-state index contributed by atoms with van der Waals surface area (Å²) >= 11 is 0.814. The molecule has 2 unspecified atom stereocenters. The summed E-state index contributed by atoms with van der Waals surface area (Å²) in [7, 11) is -3.52. The first-order valence-electron chi connectivity index (χ1n) is 7.21. The number of hydrogen-bond donors (Lipinski definition) is 1. The quantitative estimate of drug-likeness (QED) is 0.908. The van der Waals surface area contributed by atoms with E-state index in [4.69, 9.17) is 0 Å². The van der Waals surface area contributed by atoms with Crippen LogP contribution in [0.2, 0.25) is 0 Å². The molecule has 2 aliphatic rings. The predicted octanol–water partition coefficient (Wildman–Crippen LogP) is 2.09. The van der Waals surface area contributed by atoms with E-state index >= 15 is 0 Å². The topological polar surface area (TPSA) is 70.2 Å². The molecule has 1 saturated carbocycles. The van der Waals surface area contributed by atoms with E-state index < -0.39 is 10.0 Å². The lowest BCUT2D eigenvalue weighted by Gasteiger charge is -2.42. The molecule has 1 aliphatic heterocycles. The van der Waals surface area contributed by atoms with E-state index in [0.717, 1.165) is 43.4 Å². The van der Waals surface area contributed by atoms with Crippen molar-refractivity contribution in [2.45, 2.75) is 55.7 Å². The summed E-state index contributed by atoms with van der Waals surface area (Å²) in [6, 6.07) is 0.138.